The molecule has 122 valence electrons. The van der Waals surface area contributed by atoms with Crippen LogP contribution in [-0.2, 0) is 13.1 Å². The highest BCUT2D eigenvalue weighted by atomic mass is 32.1. The zero-order valence-electron chi connectivity index (χ0n) is 13.0. The second-order valence-corrected chi connectivity index (χ2v) is 6.36. The standard InChI is InChI=1S/C18H18N4S2/c19-17(23)21-9-15-11-5-1-2-6-12(11)16(10-22-18(20)24)14-8-4-3-7-13(14)15/h1-8H,9-10H2,(H3,19,21,23)(H3,20,22,24). The van der Waals surface area contributed by atoms with E-state index in [1.807, 2.05) is 24.3 Å². The molecule has 0 aliphatic heterocycles. The number of hydrogen-bond donors (Lipinski definition) is 4. The van der Waals surface area contributed by atoms with Crippen LogP contribution in [0.1, 0.15) is 11.1 Å². The van der Waals surface area contributed by atoms with Gasteiger partial charge in [0.1, 0.15) is 0 Å². The van der Waals surface area contributed by atoms with Crippen LogP contribution in [0.15, 0.2) is 48.5 Å². The van der Waals surface area contributed by atoms with Crippen molar-refractivity contribution in [1.82, 2.24) is 10.6 Å². The average molecular weight is 355 g/mol. The molecule has 0 amide bonds. The lowest BCUT2D eigenvalue weighted by Crippen LogP contribution is -2.29. The number of thiocarbonyl (C=S) groups is 2. The first-order valence-electron chi connectivity index (χ1n) is 7.55. The van der Waals surface area contributed by atoms with E-state index in [9.17, 15) is 0 Å². The Labute approximate surface area is 151 Å². The third-order valence-corrected chi connectivity index (χ3v) is 4.32. The fourth-order valence-electron chi connectivity index (χ4n) is 3.04. The Bertz CT molecular complexity index is 804. The van der Waals surface area contributed by atoms with Crippen molar-refractivity contribution in [3.63, 3.8) is 0 Å². The van der Waals surface area contributed by atoms with Crippen LogP contribution in [-0.4, -0.2) is 10.2 Å². The highest BCUT2D eigenvalue weighted by molar-refractivity contribution is 7.80. The average Bonchev–Trinajstić information content (AvgIpc) is 2.57. The van der Waals surface area contributed by atoms with Crippen LogP contribution in [0.4, 0.5) is 0 Å². The fourth-order valence-corrected chi connectivity index (χ4v) is 3.19. The summed E-state index contributed by atoms with van der Waals surface area (Å²) in [6, 6.07) is 16.6. The van der Waals surface area contributed by atoms with E-state index in [-0.39, 0.29) is 0 Å². The summed E-state index contributed by atoms with van der Waals surface area (Å²) in [7, 11) is 0. The van der Waals surface area contributed by atoms with Crippen molar-refractivity contribution in [3.05, 3.63) is 59.7 Å². The van der Waals surface area contributed by atoms with Crippen LogP contribution in [0, 0.1) is 0 Å². The molecule has 0 aliphatic rings. The molecule has 4 nitrogen and oxygen atoms in total. The third kappa shape index (κ3) is 3.25. The minimum atomic E-state index is 0.294. The van der Waals surface area contributed by atoms with Gasteiger partial charge in [0.25, 0.3) is 0 Å². The van der Waals surface area contributed by atoms with Gasteiger partial charge in [-0.1, -0.05) is 48.5 Å². The SMILES string of the molecule is NC(=S)NCc1c2ccccc2c(CNC(N)=S)c2ccccc12. The molecule has 0 heterocycles. The number of nitrogens with two attached hydrogens (primary N) is 2. The van der Waals surface area contributed by atoms with Gasteiger partial charge in [-0.3, -0.25) is 0 Å². The van der Waals surface area contributed by atoms with E-state index in [1.54, 1.807) is 0 Å². The first kappa shape index (κ1) is 16.4. The third-order valence-electron chi connectivity index (χ3n) is 4.03. The number of benzene rings is 3. The number of fused-ring (bicyclic) bond motifs is 2. The second kappa shape index (κ2) is 6.98. The van der Waals surface area contributed by atoms with E-state index in [0.29, 0.717) is 23.3 Å². The Morgan fingerprint density at radius 2 is 0.958 bits per heavy atom. The molecular weight excluding hydrogens is 336 g/mol. The summed E-state index contributed by atoms with van der Waals surface area (Å²) in [4.78, 5) is 0. The summed E-state index contributed by atoms with van der Waals surface area (Å²) in [5, 5.41) is 11.4. The molecule has 3 aromatic carbocycles. The molecular formula is C18H18N4S2. The molecule has 3 rings (SSSR count). The van der Waals surface area contributed by atoms with Gasteiger partial charge < -0.3 is 22.1 Å². The van der Waals surface area contributed by atoms with Gasteiger partial charge in [0.05, 0.1) is 0 Å². The first-order chi connectivity index (χ1) is 11.6. The zero-order chi connectivity index (χ0) is 17.1. The van der Waals surface area contributed by atoms with Crippen LogP contribution < -0.4 is 22.1 Å². The van der Waals surface area contributed by atoms with Gasteiger partial charge in [-0.05, 0) is 57.1 Å². The van der Waals surface area contributed by atoms with E-state index in [4.69, 9.17) is 35.9 Å². The maximum atomic E-state index is 5.62. The summed E-state index contributed by atoms with van der Waals surface area (Å²) in [6.45, 7) is 1.17. The van der Waals surface area contributed by atoms with Gasteiger partial charge in [-0.2, -0.15) is 0 Å². The smallest absolute Gasteiger partial charge is 0.163 e. The molecule has 0 atom stereocenters. The molecule has 6 N–H and O–H groups in total. The highest BCUT2D eigenvalue weighted by Crippen LogP contribution is 2.32. The van der Waals surface area contributed by atoms with Crippen molar-refractivity contribution in [3.8, 4) is 0 Å². The van der Waals surface area contributed by atoms with E-state index in [0.717, 1.165) is 0 Å². The predicted molar refractivity (Wildman–Crippen MR) is 109 cm³/mol. The summed E-state index contributed by atoms with van der Waals surface area (Å²) in [5.74, 6) is 0. The van der Waals surface area contributed by atoms with Gasteiger partial charge >= 0.3 is 0 Å². The molecule has 0 bridgehead atoms. The van der Waals surface area contributed by atoms with Crippen molar-refractivity contribution in [2.75, 3.05) is 0 Å². The molecule has 3 aromatic rings. The van der Waals surface area contributed by atoms with Gasteiger partial charge in [-0.25, -0.2) is 0 Å². The molecule has 0 fully saturated rings. The quantitative estimate of drug-likeness (QED) is 0.426. The van der Waals surface area contributed by atoms with Crippen LogP contribution in [0.25, 0.3) is 21.5 Å². The van der Waals surface area contributed by atoms with E-state index in [1.165, 1.54) is 32.7 Å². The molecule has 0 radical (unpaired) electrons. The molecule has 6 heteroatoms. The fraction of sp³-hybridized carbons (Fsp3) is 0.111. The molecule has 0 saturated carbocycles. The lowest BCUT2D eigenvalue weighted by Gasteiger charge is -2.17. The Balaban J connectivity index is 2.28. The molecule has 24 heavy (non-hydrogen) atoms. The van der Waals surface area contributed by atoms with Crippen LogP contribution in [0.3, 0.4) is 0 Å². The Hall–Kier alpha value is -2.44. The van der Waals surface area contributed by atoms with Crippen LogP contribution >= 0.6 is 24.4 Å². The molecule has 0 saturated heterocycles. The minimum absolute atomic E-state index is 0.294. The lowest BCUT2D eigenvalue weighted by atomic mass is 9.91. The van der Waals surface area contributed by atoms with Gasteiger partial charge in [-0.15, -0.1) is 0 Å². The molecule has 0 spiro atoms. The summed E-state index contributed by atoms with van der Waals surface area (Å²) >= 11 is 9.93. The molecule has 0 aromatic heterocycles. The van der Waals surface area contributed by atoms with Crippen molar-refractivity contribution in [1.29, 1.82) is 0 Å². The van der Waals surface area contributed by atoms with Gasteiger partial charge in [0.15, 0.2) is 10.2 Å². The highest BCUT2D eigenvalue weighted by Gasteiger charge is 2.13. The van der Waals surface area contributed by atoms with Crippen molar-refractivity contribution >= 4 is 56.2 Å². The van der Waals surface area contributed by atoms with E-state index < -0.39 is 0 Å². The molecule has 0 aliphatic carbocycles. The number of rotatable bonds is 4. The van der Waals surface area contributed by atoms with Crippen molar-refractivity contribution in [2.45, 2.75) is 13.1 Å². The van der Waals surface area contributed by atoms with Crippen molar-refractivity contribution in [2.24, 2.45) is 11.5 Å². The summed E-state index contributed by atoms with van der Waals surface area (Å²) in [6.07, 6.45) is 0. The summed E-state index contributed by atoms with van der Waals surface area (Å²) in [5.41, 5.74) is 13.6. The monoisotopic (exact) mass is 354 g/mol. The Morgan fingerprint density at radius 1 is 0.667 bits per heavy atom. The Morgan fingerprint density at radius 3 is 1.21 bits per heavy atom. The zero-order valence-corrected chi connectivity index (χ0v) is 14.6. The van der Waals surface area contributed by atoms with E-state index >= 15 is 0 Å². The van der Waals surface area contributed by atoms with Crippen molar-refractivity contribution < 1.29 is 0 Å². The maximum Gasteiger partial charge on any atom is 0.163 e. The van der Waals surface area contributed by atoms with Gasteiger partial charge in [0.2, 0.25) is 0 Å². The van der Waals surface area contributed by atoms with E-state index in [2.05, 4.69) is 34.9 Å². The van der Waals surface area contributed by atoms with Gasteiger partial charge in [0, 0.05) is 13.1 Å². The largest absolute Gasteiger partial charge is 0.376 e. The van der Waals surface area contributed by atoms with Crippen LogP contribution in [0.2, 0.25) is 0 Å². The van der Waals surface area contributed by atoms with Crippen LogP contribution in [0.5, 0.6) is 0 Å². The predicted octanol–water partition coefficient (Wildman–Crippen LogP) is 2.66. The topological polar surface area (TPSA) is 76.1 Å². The normalized spacial score (nSPS) is 10.7. The first-order valence-corrected chi connectivity index (χ1v) is 8.37. The minimum Gasteiger partial charge on any atom is -0.376 e. The Kier molecular flexibility index (Phi) is 4.78. The lowest BCUT2D eigenvalue weighted by molar-refractivity contribution is 0.926. The second-order valence-electron chi connectivity index (χ2n) is 5.48. The summed E-state index contributed by atoms with van der Waals surface area (Å²) < 4.78 is 0. The maximum absolute atomic E-state index is 5.62. The molecule has 0 unspecified atom stereocenters. The number of hydrogen-bond acceptors (Lipinski definition) is 2. The number of nitrogens with one attached hydrogen (secondary N) is 2.